The van der Waals surface area contributed by atoms with Crippen molar-refractivity contribution in [1.29, 1.82) is 0 Å². The molecule has 0 saturated heterocycles. The third-order valence-electron chi connectivity index (χ3n) is 1.74. The van der Waals surface area contributed by atoms with Gasteiger partial charge in [0.2, 0.25) is 5.91 Å². The van der Waals surface area contributed by atoms with Gasteiger partial charge in [-0.1, -0.05) is 18.5 Å². The molecule has 0 spiro atoms. The highest BCUT2D eigenvalue weighted by molar-refractivity contribution is 9.10. The van der Waals surface area contributed by atoms with Crippen LogP contribution >= 0.6 is 39.1 Å². The van der Waals surface area contributed by atoms with E-state index in [1.54, 1.807) is 13.0 Å². The van der Waals surface area contributed by atoms with E-state index in [2.05, 4.69) is 26.2 Å². The van der Waals surface area contributed by atoms with Crippen molar-refractivity contribution in [3.05, 3.63) is 21.9 Å². The molecule has 1 amide bonds. The molecule has 1 N–H and O–H groups in total. The maximum absolute atomic E-state index is 11.5. The fourth-order valence-electron chi connectivity index (χ4n) is 0.836. The van der Waals surface area contributed by atoms with Crippen molar-refractivity contribution >= 4 is 50.7 Å². The zero-order valence-corrected chi connectivity index (χ0v) is 11.0. The summed E-state index contributed by atoms with van der Waals surface area (Å²) >= 11 is 14.5. The summed E-state index contributed by atoms with van der Waals surface area (Å²) in [4.78, 5) is 15.5. The summed E-state index contributed by atoms with van der Waals surface area (Å²) in [6.45, 7) is 1.74. The fourth-order valence-corrected chi connectivity index (χ4v) is 1.45. The monoisotopic (exact) mass is 310 g/mol. The molecule has 0 aliphatic heterocycles. The Hall–Kier alpha value is -0.320. The van der Waals surface area contributed by atoms with Crippen molar-refractivity contribution in [3.8, 4) is 0 Å². The molecular formula is C9H9BrCl2N2O. The Balaban J connectivity index is 2.80. The number of nitrogens with zero attached hydrogens (tertiary/aromatic N) is 1. The van der Waals surface area contributed by atoms with Gasteiger partial charge in [0.1, 0.15) is 4.60 Å². The Morgan fingerprint density at radius 1 is 1.73 bits per heavy atom. The second-order valence-corrected chi connectivity index (χ2v) is 4.53. The van der Waals surface area contributed by atoms with Crippen LogP contribution in [0.2, 0.25) is 5.02 Å². The van der Waals surface area contributed by atoms with Gasteiger partial charge in [-0.25, -0.2) is 4.98 Å². The molecule has 3 nitrogen and oxygen atoms in total. The number of alkyl halides is 1. The van der Waals surface area contributed by atoms with E-state index in [0.717, 1.165) is 0 Å². The normalized spacial score (nSPS) is 12.3. The first-order valence-corrected chi connectivity index (χ1v) is 5.93. The highest BCUT2D eigenvalue weighted by atomic mass is 79.9. The van der Waals surface area contributed by atoms with Crippen molar-refractivity contribution in [2.24, 2.45) is 5.92 Å². The van der Waals surface area contributed by atoms with E-state index in [9.17, 15) is 4.79 Å². The molecule has 6 heteroatoms. The van der Waals surface area contributed by atoms with E-state index >= 15 is 0 Å². The van der Waals surface area contributed by atoms with Gasteiger partial charge in [0.25, 0.3) is 0 Å². The van der Waals surface area contributed by atoms with E-state index < -0.39 is 0 Å². The van der Waals surface area contributed by atoms with Crippen LogP contribution in [0.3, 0.4) is 0 Å². The molecule has 82 valence electrons. The Morgan fingerprint density at radius 3 is 3.00 bits per heavy atom. The van der Waals surface area contributed by atoms with Gasteiger partial charge in [0.05, 0.1) is 10.7 Å². The van der Waals surface area contributed by atoms with E-state index in [1.165, 1.54) is 6.20 Å². The van der Waals surface area contributed by atoms with Crippen molar-refractivity contribution in [1.82, 2.24) is 4.98 Å². The van der Waals surface area contributed by atoms with E-state index in [4.69, 9.17) is 23.2 Å². The second kappa shape index (κ2) is 5.68. The molecule has 0 aliphatic carbocycles. The number of hydrogen-bond acceptors (Lipinski definition) is 2. The molecule has 1 rings (SSSR count). The minimum atomic E-state index is -0.252. The Labute approximate surface area is 106 Å². The largest absolute Gasteiger partial charge is 0.323 e. The van der Waals surface area contributed by atoms with Crippen LogP contribution in [0.25, 0.3) is 0 Å². The minimum Gasteiger partial charge on any atom is -0.323 e. The van der Waals surface area contributed by atoms with Crippen LogP contribution in [0.4, 0.5) is 5.69 Å². The molecule has 0 aromatic carbocycles. The number of aromatic nitrogens is 1. The lowest BCUT2D eigenvalue weighted by atomic mass is 10.2. The van der Waals surface area contributed by atoms with Gasteiger partial charge in [0, 0.05) is 18.0 Å². The fraction of sp³-hybridized carbons (Fsp3) is 0.333. The first-order valence-electron chi connectivity index (χ1n) is 4.22. The molecular weight excluding hydrogens is 303 g/mol. The highest BCUT2D eigenvalue weighted by Crippen LogP contribution is 2.23. The average molecular weight is 312 g/mol. The van der Waals surface area contributed by atoms with Gasteiger partial charge in [-0.3, -0.25) is 4.79 Å². The molecule has 15 heavy (non-hydrogen) atoms. The number of rotatable bonds is 3. The number of carbonyl (C=O) groups is 1. The lowest BCUT2D eigenvalue weighted by Crippen LogP contribution is -2.21. The zero-order valence-electron chi connectivity index (χ0n) is 7.93. The summed E-state index contributed by atoms with van der Waals surface area (Å²) in [5.74, 6) is -0.135. The Kier molecular flexibility index (Phi) is 4.83. The third kappa shape index (κ3) is 3.63. The summed E-state index contributed by atoms with van der Waals surface area (Å²) in [5, 5.41) is 3.15. The van der Waals surface area contributed by atoms with Gasteiger partial charge in [-0.2, -0.15) is 0 Å². The predicted molar refractivity (Wildman–Crippen MR) is 65.5 cm³/mol. The van der Waals surface area contributed by atoms with Crippen molar-refractivity contribution in [2.45, 2.75) is 6.92 Å². The number of carbonyl (C=O) groups excluding carboxylic acids is 1. The SMILES string of the molecule is CC(CCl)C(=O)Nc1cc(Cl)cnc1Br. The van der Waals surface area contributed by atoms with Crippen LogP contribution in [-0.2, 0) is 4.79 Å². The molecule has 1 heterocycles. The molecule has 0 saturated carbocycles. The Morgan fingerprint density at radius 2 is 2.40 bits per heavy atom. The molecule has 0 fully saturated rings. The smallest absolute Gasteiger partial charge is 0.228 e. The number of halogens is 3. The van der Waals surface area contributed by atoms with E-state index in [1.807, 2.05) is 0 Å². The molecule has 1 atom stereocenters. The van der Waals surface area contributed by atoms with E-state index in [-0.39, 0.29) is 17.7 Å². The molecule has 1 aromatic heterocycles. The van der Waals surface area contributed by atoms with Crippen LogP contribution in [0.5, 0.6) is 0 Å². The van der Waals surface area contributed by atoms with Crippen LogP contribution in [0.15, 0.2) is 16.9 Å². The molecule has 0 bridgehead atoms. The van der Waals surface area contributed by atoms with Crippen molar-refractivity contribution < 1.29 is 4.79 Å². The average Bonchev–Trinajstić information content (AvgIpc) is 2.22. The number of amides is 1. The highest BCUT2D eigenvalue weighted by Gasteiger charge is 2.13. The third-order valence-corrected chi connectivity index (χ3v) is 3.04. The lowest BCUT2D eigenvalue weighted by molar-refractivity contribution is -0.118. The first kappa shape index (κ1) is 12.7. The van der Waals surface area contributed by atoms with Crippen LogP contribution in [-0.4, -0.2) is 16.8 Å². The van der Waals surface area contributed by atoms with Crippen molar-refractivity contribution in [3.63, 3.8) is 0 Å². The Bertz CT molecular complexity index is 373. The topological polar surface area (TPSA) is 42.0 Å². The summed E-state index contributed by atoms with van der Waals surface area (Å²) in [6, 6.07) is 1.62. The molecule has 1 unspecified atom stereocenters. The van der Waals surface area contributed by atoms with Gasteiger partial charge in [-0.15, -0.1) is 11.6 Å². The van der Waals surface area contributed by atoms with Gasteiger partial charge >= 0.3 is 0 Å². The summed E-state index contributed by atoms with van der Waals surface area (Å²) < 4.78 is 0.544. The summed E-state index contributed by atoms with van der Waals surface area (Å²) in [5.41, 5.74) is 0.546. The number of nitrogens with one attached hydrogen (secondary N) is 1. The van der Waals surface area contributed by atoms with Crippen molar-refractivity contribution in [2.75, 3.05) is 11.2 Å². The number of pyridine rings is 1. The predicted octanol–water partition coefficient (Wildman–Crippen LogP) is 3.31. The van der Waals surface area contributed by atoms with Crippen LogP contribution in [0.1, 0.15) is 6.92 Å². The maximum Gasteiger partial charge on any atom is 0.228 e. The quantitative estimate of drug-likeness (QED) is 0.687. The van der Waals surface area contributed by atoms with Gasteiger partial charge in [-0.05, 0) is 22.0 Å². The summed E-state index contributed by atoms with van der Waals surface area (Å²) in [7, 11) is 0. The lowest BCUT2D eigenvalue weighted by Gasteiger charge is -2.10. The maximum atomic E-state index is 11.5. The molecule has 1 aromatic rings. The van der Waals surface area contributed by atoms with Gasteiger partial charge in [0.15, 0.2) is 0 Å². The second-order valence-electron chi connectivity index (χ2n) is 3.04. The van der Waals surface area contributed by atoms with Crippen LogP contribution < -0.4 is 5.32 Å². The standard InChI is InChI=1S/C9H9BrCl2N2O/c1-5(3-11)9(15)14-7-2-6(12)4-13-8(7)10/h2,4-5H,3H2,1H3,(H,14,15). The first-order chi connectivity index (χ1) is 7.04. The summed E-state index contributed by atoms with van der Waals surface area (Å²) in [6.07, 6.45) is 1.49. The van der Waals surface area contributed by atoms with Crippen LogP contribution in [0, 0.1) is 5.92 Å². The molecule has 0 radical (unpaired) electrons. The minimum absolute atomic E-state index is 0.158. The molecule has 0 aliphatic rings. The number of anilines is 1. The zero-order chi connectivity index (χ0) is 11.4. The van der Waals surface area contributed by atoms with Gasteiger partial charge < -0.3 is 5.32 Å². The number of hydrogen-bond donors (Lipinski definition) is 1. The van der Waals surface area contributed by atoms with E-state index in [0.29, 0.717) is 15.3 Å².